The largest absolute Gasteiger partial charge is 0.400 e. The van der Waals surface area contributed by atoms with E-state index in [9.17, 15) is 18.4 Å². The molecule has 4 rings (SSSR count). The average molecular weight is 423 g/mol. The lowest BCUT2D eigenvalue weighted by Crippen LogP contribution is -2.41. The zero-order chi connectivity index (χ0) is 20.8. The second-order valence-corrected chi connectivity index (χ2v) is 7.65. The highest BCUT2D eigenvalue weighted by atomic mass is 35.5. The maximum atomic E-state index is 13.0. The Balaban J connectivity index is 1.45. The van der Waals surface area contributed by atoms with Crippen molar-refractivity contribution in [2.45, 2.75) is 24.8 Å². The SMILES string of the molecule is CN(Cc1ccc(-c2noc(C(F)(F)Cl)n2)cc1)c1c(NCC2CC2)c(=O)c1=O. The molecule has 1 N–H and O–H groups in total. The molecule has 1 saturated carbocycles. The van der Waals surface area contributed by atoms with Crippen molar-refractivity contribution < 1.29 is 13.3 Å². The van der Waals surface area contributed by atoms with Gasteiger partial charge in [-0.1, -0.05) is 29.4 Å². The molecule has 0 bridgehead atoms. The van der Waals surface area contributed by atoms with Gasteiger partial charge < -0.3 is 14.7 Å². The molecule has 0 atom stereocenters. The third-order valence-corrected chi connectivity index (χ3v) is 4.99. The van der Waals surface area contributed by atoms with Crippen molar-refractivity contribution in [1.29, 1.82) is 0 Å². The summed E-state index contributed by atoms with van der Waals surface area (Å²) in [4.78, 5) is 29.2. The fraction of sp³-hybridized carbons (Fsp3) is 0.368. The minimum absolute atomic E-state index is 0.00531. The molecule has 0 spiro atoms. The van der Waals surface area contributed by atoms with Crippen LogP contribution in [0.2, 0.25) is 0 Å². The first-order valence-electron chi connectivity index (χ1n) is 9.02. The van der Waals surface area contributed by atoms with Gasteiger partial charge in [0.25, 0.3) is 10.9 Å². The molecule has 1 heterocycles. The Labute approximate surface area is 169 Å². The van der Waals surface area contributed by atoms with Crippen molar-refractivity contribution in [1.82, 2.24) is 10.1 Å². The molecule has 3 aromatic rings. The van der Waals surface area contributed by atoms with Gasteiger partial charge in [0.05, 0.1) is 0 Å². The maximum Gasteiger partial charge on any atom is 0.400 e. The fourth-order valence-electron chi connectivity index (χ4n) is 3.04. The smallest absolute Gasteiger partial charge is 0.380 e. The van der Waals surface area contributed by atoms with E-state index >= 15 is 0 Å². The van der Waals surface area contributed by atoms with Crippen LogP contribution in [0.1, 0.15) is 24.3 Å². The Morgan fingerprint density at radius 2 is 1.93 bits per heavy atom. The van der Waals surface area contributed by atoms with Crippen LogP contribution in [0.25, 0.3) is 11.4 Å². The van der Waals surface area contributed by atoms with Gasteiger partial charge in [-0.25, -0.2) is 0 Å². The molecule has 152 valence electrons. The number of aromatic nitrogens is 2. The summed E-state index contributed by atoms with van der Waals surface area (Å²) >= 11 is 4.87. The van der Waals surface area contributed by atoms with Crippen LogP contribution >= 0.6 is 11.6 Å². The first-order chi connectivity index (χ1) is 13.7. The Morgan fingerprint density at radius 3 is 2.52 bits per heavy atom. The van der Waals surface area contributed by atoms with Gasteiger partial charge in [0.15, 0.2) is 0 Å². The topological polar surface area (TPSA) is 88.3 Å². The lowest BCUT2D eigenvalue weighted by molar-refractivity contribution is 0.0551. The Morgan fingerprint density at radius 1 is 1.24 bits per heavy atom. The third kappa shape index (κ3) is 4.00. The van der Waals surface area contributed by atoms with Crippen LogP contribution in [-0.2, 0) is 11.9 Å². The fourth-order valence-corrected chi connectivity index (χ4v) is 3.12. The Bertz CT molecular complexity index is 1100. The molecule has 0 aliphatic heterocycles. The summed E-state index contributed by atoms with van der Waals surface area (Å²) in [7, 11) is 1.74. The lowest BCUT2D eigenvalue weighted by atomic mass is 10.1. The molecular weight excluding hydrogens is 406 g/mol. The molecule has 0 amide bonds. The first kappa shape index (κ1) is 19.5. The molecule has 0 saturated heterocycles. The number of nitrogens with one attached hydrogen (secondary N) is 1. The van der Waals surface area contributed by atoms with E-state index in [1.54, 1.807) is 36.2 Å². The quantitative estimate of drug-likeness (QED) is 0.441. The monoisotopic (exact) mass is 422 g/mol. The van der Waals surface area contributed by atoms with Crippen molar-refractivity contribution in [3.63, 3.8) is 0 Å². The number of hydrogen-bond donors (Lipinski definition) is 1. The van der Waals surface area contributed by atoms with Crippen LogP contribution in [0.3, 0.4) is 0 Å². The van der Waals surface area contributed by atoms with Gasteiger partial charge in [0, 0.05) is 25.7 Å². The van der Waals surface area contributed by atoms with Gasteiger partial charge in [-0.3, -0.25) is 9.59 Å². The standard InChI is InChI=1S/C19H17ClF2N4O3/c1-26(14-13(15(27)16(14)28)23-8-10-2-3-10)9-11-4-6-12(7-5-11)17-24-18(29-25-17)19(20,21)22/h4-7,10,23H,2-3,8-9H2,1H3. The van der Waals surface area contributed by atoms with Crippen molar-refractivity contribution >= 4 is 23.0 Å². The van der Waals surface area contributed by atoms with Crippen LogP contribution in [-0.4, -0.2) is 23.7 Å². The predicted molar refractivity (Wildman–Crippen MR) is 104 cm³/mol. The Kier molecular flexibility index (Phi) is 4.85. The summed E-state index contributed by atoms with van der Waals surface area (Å²) in [6.45, 7) is 1.09. The molecule has 0 unspecified atom stereocenters. The van der Waals surface area contributed by atoms with Gasteiger partial charge in [0.1, 0.15) is 11.4 Å². The number of rotatable bonds is 8. The minimum atomic E-state index is -3.72. The van der Waals surface area contributed by atoms with E-state index in [0.717, 1.165) is 18.4 Å². The van der Waals surface area contributed by atoms with E-state index in [0.29, 0.717) is 35.9 Å². The normalized spacial score (nSPS) is 14.3. The zero-order valence-electron chi connectivity index (χ0n) is 15.4. The average Bonchev–Trinajstić information content (AvgIpc) is 3.36. The van der Waals surface area contributed by atoms with E-state index < -0.39 is 22.1 Å². The molecule has 1 fully saturated rings. The number of alkyl halides is 3. The molecule has 7 nitrogen and oxygen atoms in total. The highest BCUT2D eigenvalue weighted by molar-refractivity contribution is 6.21. The van der Waals surface area contributed by atoms with Crippen LogP contribution in [0.5, 0.6) is 0 Å². The molecule has 1 aliphatic rings. The van der Waals surface area contributed by atoms with Crippen molar-refractivity contribution in [2.24, 2.45) is 5.92 Å². The van der Waals surface area contributed by atoms with Gasteiger partial charge in [0.2, 0.25) is 5.82 Å². The summed E-state index contributed by atoms with van der Waals surface area (Å²) in [6, 6.07) is 6.81. The third-order valence-electron chi connectivity index (χ3n) is 4.83. The van der Waals surface area contributed by atoms with Gasteiger partial charge >= 0.3 is 11.3 Å². The van der Waals surface area contributed by atoms with Crippen molar-refractivity contribution in [2.75, 3.05) is 23.8 Å². The van der Waals surface area contributed by atoms with Crippen LogP contribution in [0, 0.1) is 5.92 Å². The Hall–Kier alpha value is -2.81. The summed E-state index contributed by atoms with van der Waals surface area (Å²) in [5.74, 6) is -0.395. The van der Waals surface area contributed by atoms with E-state index in [1.165, 1.54) is 0 Å². The zero-order valence-corrected chi connectivity index (χ0v) is 16.2. The molecule has 29 heavy (non-hydrogen) atoms. The summed E-state index contributed by atoms with van der Waals surface area (Å²) in [5.41, 5.74) is 1.11. The highest BCUT2D eigenvalue weighted by Crippen LogP contribution is 2.32. The molecule has 2 aromatic carbocycles. The van der Waals surface area contributed by atoms with E-state index in [4.69, 9.17) is 11.6 Å². The predicted octanol–water partition coefficient (Wildman–Crippen LogP) is 3.08. The summed E-state index contributed by atoms with van der Waals surface area (Å²) < 4.78 is 30.5. The van der Waals surface area contributed by atoms with Gasteiger partial charge in [-0.2, -0.15) is 13.8 Å². The summed E-state index contributed by atoms with van der Waals surface area (Å²) in [6.07, 6.45) is 2.29. The van der Waals surface area contributed by atoms with Crippen molar-refractivity contribution in [3.8, 4) is 11.4 Å². The maximum absolute atomic E-state index is 13.0. The highest BCUT2D eigenvalue weighted by Gasteiger charge is 2.35. The lowest BCUT2D eigenvalue weighted by Gasteiger charge is -2.23. The number of halogens is 3. The molecule has 10 heteroatoms. The second-order valence-electron chi connectivity index (χ2n) is 7.18. The minimum Gasteiger partial charge on any atom is -0.380 e. The molecule has 1 aliphatic carbocycles. The molecular formula is C19H17ClF2N4O3. The first-order valence-corrected chi connectivity index (χ1v) is 9.40. The van der Waals surface area contributed by atoms with Crippen LogP contribution < -0.4 is 21.1 Å². The molecule has 1 aromatic heterocycles. The van der Waals surface area contributed by atoms with Crippen LogP contribution in [0.15, 0.2) is 38.4 Å². The van der Waals surface area contributed by atoms with E-state index in [2.05, 4.69) is 20.0 Å². The number of benzene rings is 1. The van der Waals surface area contributed by atoms with Gasteiger partial charge in [-0.15, -0.1) is 0 Å². The van der Waals surface area contributed by atoms with Gasteiger partial charge in [-0.05, 0) is 35.9 Å². The number of anilines is 2. The number of nitrogens with zero attached hydrogens (tertiary/aromatic N) is 3. The van der Waals surface area contributed by atoms with E-state index in [-0.39, 0.29) is 5.82 Å². The molecule has 0 radical (unpaired) electrons. The number of hydrogen-bond acceptors (Lipinski definition) is 7. The summed E-state index contributed by atoms with van der Waals surface area (Å²) in [5, 5.41) is 2.87. The second kappa shape index (κ2) is 7.22. The van der Waals surface area contributed by atoms with Crippen LogP contribution in [0.4, 0.5) is 20.2 Å². The van der Waals surface area contributed by atoms with E-state index in [1.807, 2.05) is 0 Å². The van der Waals surface area contributed by atoms with Crippen molar-refractivity contribution in [3.05, 3.63) is 56.2 Å².